The van der Waals surface area contributed by atoms with Crippen molar-refractivity contribution in [3.05, 3.63) is 0 Å². The maximum Gasteiger partial charge on any atom is 0.0777 e. The highest BCUT2D eigenvalue weighted by atomic mass is 16.5. The van der Waals surface area contributed by atoms with Gasteiger partial charge in [0, 0.05) is 26.2 Å². The first-order valence-electron chi connectivity index (χ1n) is 8.07. The van der Waals surface area contributed by atoms with E-state index in [0.717, 1.165) is 24.9 Å². The van der Waals surface area contributed by atoms with Crippen LogP contribution in [0.15, 0.2) is 0 Å². The number of piperidine rings is 1. The lowest BCUT2D eigenvalue weighted by Crippen LogP contribution is -2.55. The van der Waals surface area contributed by atoms with Crippen molar-refractivity contribution in [3.63, 3.8) is 0 Å². The van der Waals surface area contributed by atoms with Crippen LogP contribution in [0.5, 0.6) is 0 Å². The average molecular weight is 268 g/mol. The minimum absolute atomic E-state index is 0.0353. The van der Waals surface area contributed by atoms with Gasteiger partial charge in [-0.3, -0.25) is 4.90 Å². The summed E-state index contributed by atoms with van der Waals surface area (Å²) >= 11 is 0. The maximum absolute atomic E-state index is 6.12. The molecular formula is C16H32N2O. The van der Waals surface area contributed by atoms with Gasteiger partial charge in [0.15, 0.2) is 0 Å². The number of rotatable bonds is 4. The minimum atomic E-state index is 0.0353. The molecule has 1 aliphatic heterocycles. The van der Waals surface area contributed by atoms with Crippen molar-refractivity contribution in [1.29, 1.82) is 0 Å². The van der Waals surface area contributed by atoms with E-state index < -0.39 is 0 Å². The summed E-state index contributed by atoms with van der Waals surface area (Å²) in [5, 5.41) is 0. The van der Waals surface area contributed by atoms with E-state index >= 15 is 0 Å². The molecule has 0 amide bonds. The van der Waals surface area contributed by atoms with Crippen LogP contribution in [0.25, 0.3) is 0 Å². The molecule has 0 aromatic rings. The third-order valence-corrected chi connectivity index (χ3v) is 5.50. The molecule has 2 fully saturated rings. The lowest BCUT2D eigenvalue weighted by Gasteiger charge is -2.46. The Morgan fingerprint density at radius 1 is 1.32 bits per heavy atom. The van der Waals surface area contributed by atoms with Gasteiger partial charge in [-0.05, 0) is 51.0 Å². The second-order valence-corrected chi connectivity index (χ2v) is 7.05. The maximum atomic E-state index is 6.12. The van der Waals surface area contributed by atoms with E-state index in [-0.39, 0.29) is 5.60 Å². The first kappa shape index (κ1) is 15.3. The Bertz CT molecular complexity index is 276. The van der Waals surface area contributed by atoms with Crippen LogP contribution < -0.4 is 5.73 Å². The van der Waals surface area contributed by atoms with Crippen molar-refractivity contribution in [2.75, 3.05) is 26.7 Å². The topological polar surface area (TPSA) is 38.5 Å². The molecule has 3 nitrogen and oxygen atoms in total. The van der Waals surface area contributed by atoms with Crippen LogP contribution in [0.1, 0.15) is 52.4 Å². The van der Waals surface area contributed by atoms with Gasteiger partial charge >= 0.3 is 0 Å². The zero-order valence-electron chi connectivity index (χ0n) is 13.0. The number of nitrogens with zero attached hydrogens (tertiary/aromatic N) is 1. The lowest BCUT2D eigenvalue weighted by atomic mass is 9.78. The molecule has 1 aliphatic carbocycles. The molecular weight excluding hydrogens is 236 g/mol. The summed E-state index contributed by atoms with van der Waals surface area (Å²) in [5.74, 6) is 1.72. The number of hydrogen-bond acceptors (Lipinski definition) is 3. The third kappa shape index (κ3) is 3.71. The molecule has 0 radical (unpaired) electrons. The van der Waals surface area contributed by atoms with Crippen LogP contribution in [-0.4, -0.2) is 43.3 Å². The Balaban J connectivity index is 1.97. The number of methoxy groups -OCH3 is 1. The van der Waals surface area contributed by atoms with Crippen molar-refractivity contribution in [1.82, 2.24) is 4.90 Å². The molecule has 3 heteroatoms. The van der Waals surface area contributed by atoms with Gasteiger partial charge in [-0.1, -0.05) is 19.8 Å². The quantitative estimate of drug-likeness (QED) is 0.852. The zero-order valence-corrected chi connectivity index (χ0v) is 13.0. The van der Waals surface area contributed by atoms with E-state index in [2.05, 4.69) is 18.7 Å². The van der Waals surface area contributed by atoms with E-state index in [1.807, 2.05) is 7.11 Å². The van der Waals surface area contributed by atoms with Gasteiger partial charge in [-0.2, -0.15) is 0 Å². The van der Waals surface area contributed by atoms with Gasteiger partial charge in [0.2, 0.25) is 0 Å². The molecule has 2 atom stereocenters. The molecule has 0 bridgehead atoms. The van der Waals surface area contributed by atoms with Crippen molar-refractivity contribution < 1.29 is 4.74 Å². The number of nitrogens with two attached hydrogens (primary N) is 1. The monoisotopic (exact) mass is 268 g/mol. The smallest absolute Gasteiger partial charge is 0.0777 e. The number of hydrogen-bond donors (Lipinski definition) is 1. The molecule has 0 aromatic carbocycles. The predicted octanol–water partition coefficient (Wildman–Crippen LogP) is 2.64. The Morgan fingerprint density at radius 3 is 2.58 bits per heavy atom. The highest BCUT2D eigenvalue weighted by Gasteiger charge is 2.36. The molecule has 112 valence electrons. The molecule has 0 spiro atoms. The van der Waals surface area contributed by atoms with Gasteiger partial charge in [-0.15, -0.1) is 0 Å². The Hall–Kier alpha value is -0.120. The molecule has 2 rings (SSSR count). The van der Waals surface area contributed by atoms with Crippen LogP contribution in [0.2, 0.25) is 0 Å². The minimum Gasteiger partial charge on any atom is -0.377 e. The Kier molecular flexibility index (Phi) is 5.27. The number of ether oxygens (including phenoxy) is 1. The van der Waals surface area contributed by atoms with Gasteiger partial charge in [-0.25, -0.2) is 0 Å². The van der Waals surface area contributed by atoms with E-state index in [0.29, 0.717) is 6.04 Å². The van der Waals surface area contributed by atoms with E-state index in [1.54, 1.807) is 0 Å². The molecule has 1 saturated carbocycles. The molecule has 0 aromatic heterocycles. The summed E-state index contributed by atoms with van der Waals surface area (Å²) in [6, 6.07) is 0.572. The average Bonchev–Trinajstić information content (AvgIpc) is 2.42. The SMILES string of the molecule is COC1(C)CCCN(C(CN)C2CCC(C)CC2)C1. The summed E-state index contributed by atoms with van der Waals surface area (Å²) in [5.41, 5.74) is 6.15. The molecule has 2 aliphatic rings. The molecule has 19 heavy (non-hydrogen) atoms. The second-order valence-electron chi connectivity index (χ2n) is 7.05. The van der Waals surface area contributed by atoms with Gasteiger partial charge in [0.25, 0.3) is 0 Å². The largest absolute Gasteiger partial charge is 0.377 e. The fourth-order valence-corrected chi connectivity index (χ4v) is 4.00. The molecule has 1 heterocycles. The van der Waals surface area contributed by atoms with Crippen LogP contribution in [0, 0.1) is 11.8 Å². The van der Waals surface area contributed by atoms with Gasteiger partial charge in [0.1, 0.15) is 0 Å². The Morgan fingerprint density at radius 2 is 2.00 bits per heavy atom. The molecule has 2 unspecified atom stereocenters. The highest BCUT2D eigenvalue weighted by molar-refractivity contribution is 4.91. The van der Waals surface area contributed by atoms with Crippen molar-refractivity contribution in [2.24, 2.45) is 17.6 Å². The predicted molar refractivity (Wildman–Crippen MR) is 80.2 cm³/mol. The van der Waals surface area contributed by atoms with Crippen molar-refractivity contribution in [3.8, 4) is 0 Å². The summed E-state index contributed by atoms with van der Waals surface area (Å²) in [6.45, 7) is 7.69. The fraction of sp³-hybridized carbons (Fsp3) is 1.00. The highest BCUT2D eigenvalue weighted by Crippen LogP contribution is 2.34. The van der Waals surface area contributed by atoms with Crippen LogP contribution >= 0.6 is 0 Å². The van der Waals surface area contributed by atoms with Crippen molar-refractivity contribution >= 4 is 0 Å². The fourth-order valence-electron chi connectivity index (χ4n) is 4.00. The van der Waals surface area contributed by atoms with Crippen LogP contribution in [0.4, 0.5) is 0 Å². The summed E-state index contributed by atoms with van der Waals surface area (Å²) in [7, 11) is 1.85. The van der Waals surface area contributed by atoms with Gasteiger partial charge < -0.3 is 10.5 Å². The third-order valence-electron chi connectivity index (χ3n) is 5.50. The summed E-state index contributed by atoms with van der Waals surface area (Å²) in [6.07, 6.45) is 7.92. The summed E-state index contributed by atoms with van der Waals surface area (Å²) < 4.78 is 5.73. The Labute approximate surface area is 118 Å². The van der Waals surface area contributed by atoms with Crippen LogP contribution in [-0.2, 0) is 4.74 Å². The first-order valence-corrected chi connectivity index (χ1v) is 8.07. The standard InChI is InChI=1S/C16H32N2O/c1-13-5-7-14(8-6-13)15(11-17)18-10-4-9-16(2,12-18)19-3/h13-15H,4-12,17H2,1-3H3. The second kappa shape index (κ2) is 6.55. The van der Waals surface area contributed by atoms with E-state index in [9.17, 15) is 0 Å². The van der Waals surface area contributed by atoms with Crippen molar-refractivity contribution in [2.45, 2.75) is 64.0 Å². The number of likely N-dealkylation sites (tertiary alicyclic amines) is 1. The summed E-state index contributed by atoms with van der Waals surface area (Å²) in [4.78, 5) is 2.62. The van der Waals surface area contributed by atoms with E-state index in [4.69, 9.17) is 10.5 Å². The molecule has 2 N–H and O–H groups in total. The van der Waals surface area contributed by atoms with Crippen LogP contribution in [0.3, 0.4) is 0 Å². The first-order chi connectivity index (χ1) is 9.08. The normalized spacial score (nSPS) is 39.2. The van der Waals surface area contributed by atoms with Gasteiger partial charge in [0.05, 0.1) is 5.60 Å². The zero-order chi connectivity index (χ0) is 13.9. The lowest BCUT2D eigenvalue weighted by molar-refractivity contribution is -0.0686. The van der Waals surface area contributed by atoms with E-state index in [1.165, 1.54) is 45.1 Å². The molecule has 1 saturated heterocycles.